The van der Waals surface area contributed by atoms with Crippen LogP contribution in [0.4, 0.5) is 0 Å². The van der Waals surface area contributed by atoms with Crippen LogP contribution in [0.5, 0.6) is 0 Å². The molecule has 3 rings (SSSR count). The highest BCUT2D eigenvalue weighted by Gasteiger charge is 2.71. The van der Waals surface area contributed by atoms with E-state index in [1.54, 1.807) is 0 Å². The third-order valence-corrected chi connectivity index (χ3v) is 3.93. The molecule has 3 aliphatic carbocycles. The molecule has 0 saturated heterocycles. The fourth-order valence-electron chi connectivity index (χ4n) is 3.26. The standard InChI is InChI=1S/C10H12O/c11-8-5-9-3-1-2-4-10(9,6-8)7-9/h1-2H,3-7H2. The molecule has 3 aliphatic rings. The Labute approximate surface area is 66.5 Å². The van der Waals surface area contributed by atoms with Crippen molar-refractivity contribution < 1.29 is 4.79 Å². The second-order valence-corrected chi connectivity index (χ2v) is 4.51. The van der Waals surface area contributed by atoms with Crippen LogP contribution in [0.3, 0.4) is 0 Å². The van der Waals surface area contributed by atoms with E-state index in [1.165, 1.54) is 19.3 Å². The maximum absolute atomic E-state index is 11.2. The molecule has 2 unspecified atom stereocenters. The van der Waals surface area contributed by atoms with Crippen LogP contribution in [0.1, 0.15) is 32.1 Å². The molecule has 0 aromatic heterocycles. The Balaban J connectivity index is 2.03. The van der Waals surface area contributed by atoms with E-state index >= 15 is 0 Å². The zero-order valence-corrected chi connectivity index (χ0v) is 6.60. The molecule has 2 atom stereocenters. The third kappa shape index (κ3) is 0.524. The minimum Gasteiger partial charge on any atom is -0.300 e. The van der Waals surface area contributed by atoms with Gasteiger partial charge < -0.3 is 0 Å². The lowest BCUT2D eigenvalue weighted by molar-refractivity contribution is -0.118. The molecule has 2 saturated carbocycles. The molecule has 0 aromatic carbocycles. The van der Waals surface area contributed by atoms with Crippen LogP contribution in [0.2, 0.25) is 0 Å². The summed E-state index contributed by atoms with van der Waals surface area (Å²) in [6.45, 7) is 0. The van der Waals surface area contributed by atoms with E-state index in [4.69, 9.17) is 0 Å². The van der Waals surface area contributed by atoms with Gasteiger partial charge in [-0.05, 0) is 30.1 Å². The van der Waals surface area contributed by atoms with E-state index in [0.29, 0.717) is 16.6 Å². The van der Waals surface area contributed by atoms with Gasteiger partial charge >= 0.3 is 0 Å². The topological polar surface area (TPSA) is 17.1 Å². The van der Waals surface area contributed by atoms with Crippen LogP contribution < -0.4 is 0 Å². The van der Waals surface area contributed by atoms with Crippen molar-refractivity contribution in [2.24, 2.45) is 10.8 Å². The van der Waals surface area contributed by atoms with Crippen LogP contribution in [0, 0.1) is 10.8 Å². The number of hydrogen-bond donors (Lipinski definition) is 0. The number of carbonyl (C=O) groups is 1. The van der Waals surface area contributed by atoms with Gasteiger partial charge in [0.1, 0.15) is 5.78 Å². The van der Waals surface area contributed by atoms with Gasteiger partial charge in [-0.1, -0.05) is 12.2 Å². The van der Waals surface area contributed by atoms with Gasteiger partial charge in [-0.2, -0.15) is 0 Å². The second-order valence-electron chi connectivity index (χ2n) is 4.51. The van der Waals surface area contributed by atoms with Gasteiger partial charge in [-0.25, -0.2) is 0 Å². The number of ketones is 1. The van der Waals surface area contributed by atoms with Crippen LogP contribution in [-0.4, -0.2) is 5.78 Å². The molecule has 11 heavy (non-hydrogen) atoms. The first-order valence-electron chi connectivity index (χ1n) is 4.43. The van der Waals surface area contributed by atoms with Gasteiger partial charge in [0.05, 0.1) is 0 Å². The molecule has 0 aliphatic heterocycles. The molecule has 1 nitrogen and oxygen atoms in total. The van der Waals surface area contributed by atoms with E-state index in [1.807, 2.05) is 0 Å². The Kier molecular flexibility index (Phi) is 0.790. The molecule has 58 valence electrons. The molecular weight excluding hydrogens is 136 g/mol. The molecule has 0 amide bonds. The number of allylic oxidation sites excluding steroid dienone is 2. The quantitative estimate of drug-likeness (QED) is 0.481. The number of rotatable bonds is 0. The third-order valence-electron chi connectivity index (χ3n) is 3.93. The van der Waals surface area contributed by atoms with Crippen molar-refractivity contribution in [1.29, 1.82) is 0 Å². The first-order valence-corrected chi connectivity index (χ1v) is 4.43. The maximum Gasteiger partial charge on any atom is 0.134 e. The van der Waals surface area contributed by atoms with E-state index in [-0.39, 0.29) is 0 Å². The van der Waals surface area contributed by atoms with Crippen molar-refractivity contribution >= 4 is 5.78 Å². The minimum atomic E-state index is 0.471. The Bertz CT molecular complexity index is 242. The van der Waals surface area contributed by atoms with Gasteiger partial charge in [0, 0.05) is 12.8 Å². The first kappa shape index (κ1) is 5.99. The molecule has 0 aromatic rings. The maximum atomic E-state index is 11.2. The van der Waals surface area contributed by atoms with E-state index < -0.39 is 0 Å². The predicted molar refractivity (Wildman–Crippen MR) is 42.1 cm³/mol. The molecule has 2 fully saturated rings. The van der Waals surface area contributed by atoms with Gasteiger partial charge in [-0.3, -0.25) is 4.79 Å². The highest BCUT2D eigenvalue weighted by atomic mass is 16.1. The van der Waals surface area contributed by atoms with Crippen molar-refractivity contribution in [2.45, 2.75) is 32.1 Å². The highest BCUT2D eigenvalue weighted by Crippen LogP contribution is 2.77. The van der Waals surface area contributed by atoms with E-state index in [0.717, 1.165) is 12.8 Å². The fourth-order valence-corrected chi connectivity index (χ4v) is 3.26. The van der Waals surface area contributed by atoms with Gasteiger partial charge in [0.15, 0.2) is 0 Å². The van der Waals surface area contributed by atoms with Crippen LogP contribution in [-0.2, 0) is 4.79 Å². The molecule has 0 heterocycles. The first-order chi connectivity index (χ1) is 5.27. The van der Waals surface area contributed by atoms with Gasteiger partial charge in [-0.15, -0.1) is 0 Å². The highest BCUT2D eigenvalue weighted by molar-refractivity contribution is 5.85. The van der Waals surface area contributed by atoms with Crippen molar-refractivity contribution in [1.82, 2.24) is 0 Å². The summed E-state index contributed by atoms with van der Waals surface area (Å²) in [6.07, 6.45) is 10.00. The minimum absolute atomic E-state index is 0.471. The fraction of sp³-hybridized carbons (Fsp3) is 0.700. The number of Topliss-reactive ketones (excluding diaryl/α,β-unsaturated/α-hetero) is 1. The summed E-state index contributed by atoms with van der Waals surface area (Å²) in [4.78, 5) is 11.2. The summed E-state index contributed by atoms with van der Waals surface area (Å²) in [7, 11) is 0. The Morgan fingerprint density at radius 1 is 1.09 bits per heavy atom. The van der Waals surface area contributed by atoms with Crippen LogP contribution >= 0.6 is 0 Å². The summed E-state index contributed by atoms with van der Waals surface area (Å²) < 4.78 is 0. The van der Waals surface area contributed by atoms with Crippen molar-refractivity contribution in [3.63, 3.8) is 0 Å². The second kappa shape index (κ2) is 1.45. The lowest BCUT2D eigenvalue weighted by Gasteiger charge is -2.17. The SMILES string of the molecule is O=C1CC23CC=CCC2(C1)C3. The molecule has 0 radical (unpaired) electrons. The van der Waals surface area contributed by atoms with Crippen molar-refractivity contribution in [3.05, 3.63) is 12.2 Å². The van der Waals surface area contributed by atoms with Gasteiger partial charge in [0.25, 0.3) is 0 Å². The predicted octanol–water partition coefficient (Wildman–Crippen LogP) is 2.08. The molecule has 0 spiro atoms. The molecule has 0 bridgehead atoms. The summed E-state index contributed by atoms with van der Waals surface area (Å²) in [5.74, 6) is 0.514. The number of hydrogen-bond acceptors (Lipinski definition) is 1. The smallest absolute Gasteiger partial charge is 0.134 e. The lowest BCUT2D eigenvalue weighted by Crippen LogP contribution is -2.08. The Hall–Kier alpha value is -0.590. The van der Waals surface area contributed by atoms with Crippen molar-refractivity contribution in [2.75, 3.05) is 0 Å². The molecular formula is C10H12O. The van der Waals surface area contributed by atoms with E-state index in [2.05, 4.69) is 12.2 Å². The number of carbonyl (C=O) groups excluding carboxylic acids is 1. The monoisotopic (exact) mass is 148 g/mol. The summed E-state index contributed by atoms with van der Waals surface area (Å²) in [5.41, 5.74) is 0.942. The average molecular weight is 148 g/mol. The summed E-state index contributed by atoms with van der Waals surface area (Å²) in [6, 6.07) is 0. The van der Waals surface area contributed by atoms with Crippen LogP contribution in [0.25, 0.3) is 0 Å². The Morgan fingerprint density at radius 3 is 2.18 bits per heavy atom. The molecule has 0 N–H and O–H groups in total. The lowest BCUT2D eigenvalue weighted by atomic mass is 9.86. The Morgan fingerprint density at radius 2 is 1.64 bits per heavy atom. The summed E-state index contributed by atoms with van der Waals surface area (Å²) >= 11 is 0. The van der Waals surface area contributed by atoms with Gasteiger partial charge in [0.2, 0.25) is 0 Å². The zero-order chi connectivity index (χ0) is 7.53. The molecule has 1 heteroatoms. The average Bonchev–Trinajstić information content (AvgIpc) is 2.47. The summed E-state index contributed by atoms with van der Waals surface area (Å²) in [5, 5.41) is 0. The van der Waals surface area contributed by atoms with Crippen LogP contribution in [0.15, 0.2) is 12.2 Å². The largest absolute Gasteiger partial charge is 0.300 e. The van der Waals surface area contributed by atoms with E-state index in [9.17, 15) is 4.79 Å². The van der Waals surface area contributed by atoms with Crippen molar-refractivity contribution in [3.8, 4) is 0 Å². The normalized spacial score (nSPS) is 52.2. The zero-order valence-electron chi connectivity index (χ0n) is 6.60.